The van der Waals surface area contributed by atoms with Crippen LogP contribution in [0.15, 0.2) is 18.2 Å². The number of aromatic nitrogens is 1. The molecule has 0 aliphatic carbocycles. The highest BCUT2D eigenvalue weighted by Crippen LogP contribution is 2.46. The highest BCUT2D eigenvalue weighted by Gasteiger charge is 2.35. The van der Waals surface area contributed by atoms with Crippen LogP contribution in [0.1, 0.15) is 41.6 Å². The number of para-hydroxylation sites is 1. The van der Waals surface area contributed by atoms with Gasteiger partial charge in [0.15, 0.2) is 0 Å². The van der Waals surface area contributed by atoms with Gasteiger partial charge >= 0.3 is 5.97 Å². The zero-order valence-corrected chi connectivity index (χ0v) is 12.5. The summed E-state index contributed by atoms with van der Waals surface area (Å²) in [6, 6.07) is 5.58. The first-order chi connectivity index (χ1) is 10.7. The van der Waals surface area contributed by atoms with Gasteiger partial charge in [0, 0.05) is 24.0 Å². The van der Waals surface area contributed by atoms with Gasteiger partial charge in [-0.2, -0.15) is 0 Å². The van der Waals surface area contributed by atoms with Crippen molar-refractivity contribution in [3.63, 3.8) is 0 Å². The van der Waals surface area contributed by atoms with E-state index in [4.69, 9.17) is 4.74 Å². The fourth-order valence-corrected chi connectivity index (χ4v) is 3.77. The molecule has 22 heavy (non-hydrogen) atoms. The number of hydrogen-bond donors (Lipinski definition) is 1. The van der Waals surface area contributed by atoms with E-state index >= 15 is 0 Å². The number of fused-ring (bicyclic) bond motifs is 3. The van der Waals surface area contributed by atoms with Crippen LogP contribution in [0.25, 0.3) is 10.9 Å². The molecule has 1 fully saturated rings. The zero-order valence-electron chi connectivity index (χ0n) is 12.5. The molecule has 4 heterocycles. The quantitative estimate of drug-likeness (QED) is 0.537. The van der Waals surface area contributed by atoms with Crippen molar-refractivity contribution < 1.29 is 14.3 Å². The van der Waals surface area contributed by atoms with Crippen molar-refractivity contribution in [2.24, 2.45) is 0 Å². The molecule has 3 aliphatic rings. The molecule has 0 amide bonds. The van der Waals surface area contributed by atoms with Crippen LogP contribution in [0.4, 0.5) is 5.82 Å². The Morgan fingerprint density at radius 2 is 2.09 bits per heavy atom. The Balaban J connectivity index is 1.87. The van der Waals surface area contributed by atoms with Crippen LogP contribution < -0.4 is 4.90 Å². The molecule has 2 aromatic rings. The normalized spacial score (nSPS) is 16.9. The van der Waals surface area contributed by atoms with Gasteiger partial charge in [0.2, 0.25) is 0 Å². The second-order valence-electron chi connectivity index (χ2n) is 5.93. The van der Waals surface area contributed by atoms with E-state index in [9.17, 15) is 9.59 Å². The first-order valence-electron chi connectivity index (χ1n) is 7.81. The zero-order chi connectivity index (χ0) is 15.3. The third-order valence-electron chi connectivity index (χ3n) is 4.78. The summed E-state index contributed by atoms with van der Waals surface area (Å²) in [5.41, 5.74) is 2.49. The number of H-pyrrole nitrogens is 1. The number of nitrogens with one attached hydrogen (secondary N) is 1. The van der Waals surface area contributed by atoms with Gasteiger partial charge in [0.25, 0.3) is 5.78 Å². The van der Waals surface area contributed by atoms with Crippen molar-refractivity contribution >= 4 is 28.5 Å². The number of esters is 1. The SMILES string of the molecule is CCOC(=O)C(=O)c1cccc2c3c([nH]c12)N1CCC3CC1. The Kier molecular flexibility index (Phi) is 2.96. The van der Waals surface area contributed by atoms with Crippen LogP contribution in [0, 0.1) is 0 Å². The van der Waals surface area contributed by atoms with Gasteiger partial charge in [0.1, 0.15) is 5.82 Å². The number of carbonyl (C=O) groups is 2. The monoisotopic (exact) mass is 298 g/mol. The molecule has 3 aliphatic heterocycles. The van der Waals surface area contributed by atoms with Crippen molar-refractivity contribution in [1.29, 1.82) is 0 Å². The molecule has 0 saturated carbocycles. The number of ketones is 1. The number of piperidine rings is 1. The predicted octanol–water partition coefficient (Wildman–Crippen LogP) is 2.61. The lowest BCUT2D eigenvalue weighted by Crippen LogP contribution is -2.38. The van der Waals surface area contributed by atoms with E-state index < -0.39 is 11.8 Å². The van der Waals surface area contributed by atoms with E-state index in [1.54, 1.807) is 13.0 Å². The Hall–Kier alpha value is -2.30. The first-order valence-corrected chi connectivity index (χ1v) is 7.81. The van der Waals surface area contributed by atoms with Gasteiger partial charge in [-0.1, -0.05) is 12.1 Å². The van der Waals surface area contributed by atoms with E-state index in [1.165, 1.54) is 5.56 Å². The van der Waals surface area contributed by atoms with Gasteiger partial charge in [-0.25, -0.2) is 4.79 Å². The molecule has 1 saturated heterocycles. The van der Waals surface area contributed by atoms with Crippen LogP contribution in [0.2, 0.25) is 0 Å². The maximum absolute atomic E-state index is 12.3. The summed E-state index contributed by atoms with van der Waals surface area (Å²) in [7, 11) is 0. The lowest BCUT2D eigenvalue weighted by molar-refractivity contribution is -0.137. The Bertz CT molecular complexity index is 770. The molecule has 0 spiro atoms. The summed E-state index contributed by atoms with van der Waals surface area (Å²) in [6.07, 6.45) is 2.33. The van der Waals surface area contributed by atoms with Gasteiger partial charge in [-0.15, -0.1) is 0 Å². The van der Waals surface area contributed by atoms with Gasteiger partial charge in [-0.05, 0) is 31.7 Å². The van der Waals surface area contributed by atoms with E-state index in [2.05, 4.69) is 9.88 Å². The van der Waals surface area contributed by atoms with E-state index in [0.29, 0.717) is 11.5 Å². The Morgan fingerprint density at radius 1 is 1.32 bits per heavy atom. The minimum atomic E-state index is -0.786. The number of Topliss-reactive ketones (excluding diaryl/α,β-unsaturated/α-hetero) is 1. The maximum atomic E-state index is 12.3. The summed E-state index contributed by atoms with van der Waals surface area (Å²) in [5.74, 6) is 0.322. The van der Waals surface area contributed by atoms with Crippen LogP contribution >= 0.6 is 0 Å². The molecule has 5 heteroatoms. The average molecular weight is 298 g/mol. The molecule has 5 rings (SSSR count). The number of hydrogen-bond acceptors (Lipinski definition) is 4. The molecular weight excluding hydrogens is 280 g/mol. The number of rotatable bonds is 3. The number of anilines is 1. The highest BCUT2D eigenvalue weighted by molar-refractivity contribution is 6.42. The molecule has 0 radical (unpaired) electrons. The fraction of sp³-hybridized carbons (Fsp3) is 0.412. The van der Waals surface area contributed by atoms with Crippen LogP contribution in [-0.2, 0) is 9.53 Å². The predicted molar refractivity (Wildman–Crippen MR) is 83.5 cm³/mol. The first kappa shape index (κ1) is 13.4. The fourth-order valence-electron chi connectivity index (χ4n) is 3.77. The summed E-state index contributed by atoms with van der Waals surface area (Å²) < 4.78 is 4.85. The lowest BCUT2D eigenvalue weighted by atomic mass is 9.84. The van der Waals surface area contributed by atoms with Gasteiger partial charge in [-0.3, -0.25) is 4.79 Å². The minimum absolute atomic E-state index is 0.206. The summed E-state index contributed by atoms with van der Waals surface area (Å²) in [6.45, 7) is 4.03. The van der Waals surface area contributed by atoms with E-state index in [0.717, 1.165) is 42.7 Å². The molecule has 0 unspecified atom stereocenters. The standard InChI is InChI=1S/C17H18N2O3/c1-2-22-17(21)15(20)12-5-3-4-11-13-10-6-8-19(9-7-10)16(13)18-14(11)12/h3-5,10,18H,2,6-9H2,1H3. The van der Waals surface area contributed by atoms with Gasteiger partial charge in [0.05, 0.1) is 17.7 Å². The van der Waals surface area contributed by atoms with Crippen LogP contribution in [0.3, 0.4) is 0 Å². The third kappa shape index (κ3) is 1.78. The van der Waals surface area contributed by atoms with Gasteiger partial charge < -0.3 is 14.6 Å². The van der Waals surface area contributed by atoms with Crippen molar-refractivity contribution in [2.45, 2.75) is 25.7 Å². The maximum Gasteiger partial charge on any atom is 0.379 e. The lowest BCUT2D eigenvalue weighted by Gasteiger charge is -2.40. The molecule has 114 valence electrons. The topological polar surface area (TPSA) is 62.4 Å². The number of ether oxygens (including phenoxy) is 1. The Morgan fingerprint density at radius 3 is 2.82 bits per heavy atom. The van der Waals surface area contributed by atoms with Crippen molar-refractivity contribution in [1.82, 2.24) is 4.98 Å². The van der Waals surface area contributed by atoms with E-state index in [1.807, 2.05) is 12.1 Å². The number of nitrogens with zero attached hydrogens (tertiary/aromatic N) is 1. The number of aromatic amines is 1. The smallest absolute Gasteiger partial charge is 0.379 e. The van der Waals surface area contributed by atoms with Crippen LogP contribution in [-0.4, -0.2) is 36.4 Å². The number of carbonyl (C=O) groups excluding carboxylic acids is 2. The van der Waals surface area contributed by atoms with Crippen molar-refractivity contribution in [3.05, 3.63) is 29.3 Å². The third-order valence-corrected chi connectivity index (χ3v) is 4.78. The van der Waals surface area contributed by atoms with Crippen molar-refractivity contribution in [3.8, 4) is 0 Å². The van der Waals surface area contributed by atoms with Crippen molar-refractivity contribution in [2.75, 3.05) is 24.6 Å². The second kappa shape index (κ2) is 4.87. The highest BCUT2D eigenvalue weighted by atomic mass is 16.5. The molecule has 2 bridgehead atoms. The molecule has 1 aromatic carbocycles. The average Bonchev–Trinajstić information content (AvgIpc) is 2.97. The largest absolute Gasteiger partial charge is 0.460 e. The molecule has 0 atom stereocenters. The molecule has 5 nitrogen and oxygen atoms in total. The number of benzene rings is 1. The Labute approximate surface area is 128 Å². The molecule has 1 aromatic heterocycles. The molecule has 1 N–H and O–H groups in total. The second-order valence-corrected chi connectivity index (χ2v) is 5.93. The summed E-state index contributed by atoms with van der Waals surface area (Å²) in [4.78, 5) is 29.8. The summed E-state index contributed by atoms with van der Waals surface area (Å²) >= 11 is 0. The molecular formula is C17H18N2O3. The van der Waals surface area contributed by atoms with Crippen LogP contribution in [0.5, 0.6) is 0 Å². The van der Waals surface area contributed by atoms with E-state index in [-0.39, 0.29) is 6.61 Å². The minimum Gasteiger partial charge on any atom is -0.460 e. The summed E-state index contributed by atoms with van der Waals surface area (Å²) in [5, 5.41) is 1.07.